The fourth-order valence-corrected chi connectivity index (χ4v) is 4.52. The first-order valence-electron chi connectivity index (χ1n) is 10.5. The molecule has 1 amide bonds. The molecule has 1 fully saturated rings. The van der Waals surface area contributed by atoms with Crippen LogP contribution in [0.4, 0.5) is 18.0 Å². The van der Waals surface area contributed by atoms with E-state index in [-0.39, 0.29) is 12.0 Å². The summed E-state index contributed by atoms with van der Waals surface area (Å²) in [5.74, 6) is 0. The summed E-state index contributed by atoms with van der Waals surface area (Å²) in [6.45, 7) is 1.12. The molecule has 0 aliphatic carbocycles. The number of halogens is 3. The minimum Gasteiger partial charge on any atom is -0.465 e. The van der Waals surface area contributed by atoms with Gasteiger partial charge in [-0.05, 0) is 42.2 Å². The molecule has 0 spiro atoms. The zero-order valence-corrected chi connectivity index (χ0v) is 17.7. The van der Waals surface area contributed by atoms with E-state index in [4.69, 9.17) is 4.74 Å². The minimum atomic E-state index is -4.44. The Hall–Kier alpha value is -3.00. The highest BCUT2D eigenvalue weighted by atomic mass is 19.4. The molecule has 3 aromatic rings. The highest BCUT2D eigenvalue weighted by molar-refractivity contribution is 5.84. The lowest BCUT2D eigenvalue weighted by Gasteiger charge is -2.41. The molecule has 1 aromatic heterocycles. The van der Waals surface area contributed by atoms with Crippen LogP contribution < -0.4 is 0 Å². The average molecular weight is 446 g/mol. The Kier molecular flexibility index (Phi) is 5.90. The number of benzene rings is 2. The average Bonchev–Trinajstić information content (AvgIpc) is 3.15. The van der Waals surface area contributed by atoms with Crippen molar-refractivity contribution in [1.29, 1.82) is 0 Å². The van der Waals surface area contributed by atoms with E-state index in [2.05, 4.69) is 0 Å². The number of ether oxygens (including phenoxy) is 1. The molecule has 5 nitrogen and oxygen atoms in total. The highest BCUT2D eigenvalue weighted by Crippen LogP contribution is 2.37. The molecule has 0 radical (unpaired) electrons. The number of aromatic nitrogens is 1. The van der Waals surface area contributed by atoms with Crippen LogP contribution in [0, 0.1) is 0 Å². The van der Waals surface area contributed by atoms with E-state index in [0.29, 0.717) is 43.6 Å². The fourth-order valence-electron chi connectivity index (χ4n) is 4.52. The van der Waals surface area contributed by atoms with Gasteiger partial charge >= 0.3 is 12.3 Å². The van der Waals surface area contributed by atoms with Gasteiger partial charge in [0.15, 0.2) is 0 Å². The van der Waals surface area contributed by atoms with Crippen molar-refractivity contribution in [2.45, 2.75) is 31.0 Å². The predicted molar refractivity (Wildman–Crippen MR) is 115 cm³/mol. The molecule has 2 aromatic carbocycles. The van der Waals surface area contributed by atoms with Crippen molar-refractivity contribution in [2.24, 2.45) is 7.05 Å². The SMILES string of the molecule is Cn1ccc2c(COCC3(c4ccccc4)CCN(C(=O)O)CC3)cc(C(F)(F)F)cc21. The van der Waals surface area contributed by atoms with Crippen LogP contribution in [-0.4, -0.2) is 40.4 Å². The standard InChI is InChI=1S/C24H25F3N2O3/c1-28-10-7-20-17(13-19(14-21(20)28)24(25,26)27)15-32-16-23(18-5-3-2-4-6-18)8-11-29(12-9-23)22(30)31/h2-7,10,13-14H,8-9,11-12,15-16H2,1H3,(H,30,31). The van der Waals surface area contributed by atoms with Crippen LogP contribution in [0.1, 0.15) is 29.5 Å². The summed E-state index contributed by atoms with van der Waals surface area (Å²) < 4.78 is 48.0. The summed E-state index contributed by atoms with van der Waals surface area (Å²) in [7, 11) is 1.72. The van der Waals surface area contributed by atoms with Crippen LogP contribution >= 0.6 is 0 Å². The lowest BCUT2D eigenvalue weighted by Crippen LogP contribution is -2.47. The van der Waals surface area contributed by atoms with E-state index in [1.54, 1.807) is 23.9 Å². The second-order valence-corrected chi connectivity index (χ2v) is 8.40. The second kappa shape index (κ2) is 8.50. The Morgan fingerprint density at radius 1 is 1.12 bits per heavy atom. The first kappa shape index (κ1) is 22.2. The first-order chi connectivity index (χ1) is 15.2. The molecule has 0 unspecified atom stereocenters. The van der Waals surface area contributed by atoms with E-state index < -0.39 is 17.8 Å². The Labute approximate surface area is 184 Å². The molecule has 0 atom stereocenters. The molecular weight excluding hydrogens is 421 g/mol. The zero-order valence-electron chi connectivity index (χ0n) is 17.7. The molecular formula is C24H25F3N2O3. The van der Waals surface area contributed by atoms with Gasteiger partial charge in [-0.2, -0.15) is 13.2 Å². The predicted octanol–water partition coefficient (Wildman–Crippen LogP) is 5.43. The van der Waals surface area contributed by atoms with Crippen LogP contribution in [-0.2, 0) is 30.0 Å². The number of alkyl halides is 3. The van der Waals surface area contributed by atoms with Crippen molar-refractivity contribution in [3.8, 4) is 0 Å². The number of aryl methyl sites for hydroxylation is 1. The number of nitrogens with zero attached hydrogens (tertiary/aromatic N) is 2. The minimum absolute atomic E-state index is 0.0433. The Morgan fingerprint density at radius 2 is 1.81 bits per heavy atom. The highest BCUT2D eigenvalue weighted by Gasteiger charge is 2.38. The fraction of sp³-hybridized carbons (Fsp3) is 0.375. The zero-order chi connectivity index (χ0) is 22.9. The number of fused-ring (bicyclic) bond motifs is 1. The first-order valence-corrected chi connectivity index (χ1v) is 10.5. The summed E-state index contributed by atoms with van der Waals surface area (Å²) in [6.07, 6.45) is -2.47. The molecule has 0 bridgehead atoms. The Balaban J connectivity index is 1.58. The van der Waals surface area contributed by atoms with Crippen molar-refractivity contribution in [1.82, 2.24) is 9.47 Å². The van der Waals surface area contributed by atoms with E-state index >= 15 is 0 Å². The number of carbonyl (C=O) groups is 1. The van der Waals surface area contributed by atoms with Crippen molar-refractivity contribution in [2.75, 3.05) is 19.7 Å². The lowest BCUT2D eigenvalue weighted by molar-refractivity contribution is -0.137. The third-order valence-corrected chi connectivity index (χ3v) is 6.43. The summed E-state index contributed by atoms with van der Waals surface area (Å²) >= 11 is 0. The van der Waals surface area contributed by atoms with Crippen molar-refractivity contribution < 1.29 is 27.8 Å². The quantitative estimate of drug-likeness (QED) is 0.569. The normalized spacial score (nSPS) is 16.4. The van der Waals surface area contributed by atoms with E-state index in [1.165, 1.54) is 4.90 Å². The molecule has 2 heterocycles. The van der Waals surface area contributed by atoms with E-state index in [9.17, 15) is 23.1 Å². The van der Waals surface area contributed by atoms with Gasteiger partial charge in [0, 0.05) is 42.7 Å². The maximum atomic E-state index is 13.4. The van der Waals surface area contributed by atoms with Gasteiger partial charge in [0.05, 0.1) is 18.8 Å². The smallest absolute Gasteiger partial charge is 0.416 e. The van der Waals surface area contributed by atoms with Crippen molar-refractivity contribution >= 4 is 17.0 Å². The van der Waals surface area contributed by atoms with Crippen LogP contribution in [0.25, 0.3) is 10.9 Å². The number of hydrogen-bond donors (Lipinski definition) is 1. The molecule has 1 saturated heterocycles. The van der Waals surface area contributed by atoms with Crippen LogP contribution in [0.5, 0.6) is 0 Å². The van der Waals surface area contributed by atoms with Crippen molar-refractivity contribution in [3.05, 3.63) is 71.4 Å². The summed E-state index contributed by atoms with van der Waals surface area (Å²) in [5, 5.41) is 10.0. The second-order valence-electron chi connectivity index (χ2n) is 8.40. The Bertz CT molecular complexity index is 1100. The molecule has 1 aliphatic rings. The topological polar surface area (TPSA) is 54.7 Å². The maximum Gasteiger partial charge on any atom is 0.416 e. The third kappa shape index (κ3) is 4.32. The van der Waals surface area contributed by atoms with Gasteiger partial charge in [-0.3, -0.25) is 0 Å². The largest absolute Gasteiger partial charge is 0.465 e. The van der Waals surface area contributed by atoms with Crippen LogP contribution in [0.2, 0.25) is 0 Å². The Morgan fingerprint density at radius 3 is 2.44 bits per heavy atom. The van der Waals surface area contributed by atoms with Gasteiger partial charge < -0.3 is 19.3 Å². The van der Waals surface area contributed by atoms with Gasteiger partial charge in [-0.25, -0.2) is 4.79 Å². The van der Waals surface area contributed by atoms with Crippen molar-refractivity contribution in [3.63, 3.8) is 0 Å². The summed E-state index contributed by atoms with van der Waals surface area (Å²) in [4.78, 5) is 12.7. The molecule has 32 heavy (non-hydrogen) atoms. The molecule has 0 saturated carbocycles. The molecule has 4 rings (SSSR count). The summed E-state index contributed by atoms with van der Waals surface area (Å²) in [6, 6.07) is 13.9. The molecule has 1 N–H and O–H groups in total. The molecule has 170 valence electrons. The van der Waals surface area contributed by atoms with E-state index in [0.717, 1.165) is 23.1 Å². The monoisotopic (exact) mass is 446 g/mol. The number of carboxylic acid groups (broad SMARTS) is 1. The number of amides is 1. The number of hydrogen-bond acceptors (Lipinski definition) is 2. The number of piperidine rings is 1. The van der Waals surface area contributed by atoms with Crippen LogP contribution in [0.3, 0.4) is 0 Å². The van der Waals surface area contributed by atoms with Gasteiger partial charge in [-0.15, -0.1) is 0 Å². The van der Waals surface area contributed by atoms with Gasteiger partial charge in [0.2, 0.25) is 0 Å². The number of likely N-dealkylation sites (tertiary alicyclic amines) is 1. The van der Waals surface area contributed by atoms with E-state index in [1.807, 2.05) is 30.3 Å². The molecule has 8 heteroatoms. The van der Waals surface area contributed by atoms with Crippen LogP contribution in [0.15, 0.2) is 54.7 Å². The number of rotatable bonds is 5. The maximum absolute atomic E-state index is 13.4. The van der Waals surface area contributed by atoms with Gasteiger partial charge in [0.1, 0.15) is 0 Å². The summed E-state index contributed by atoms with van der Waals surface area (Å²) in [5.41, 5.74) is 0.967. The third-order valence-electron chi connectivity index (χ3n) is 6.43. The lowest BCUT2D eigenvalue weighted by atomic mass is 9.73. The molecule has 1 aliphatic heterocycles. The van der Waals surface area contributed by atoms with Gasteiger partial charge in [0.25, 0.3) is 0 Å². The van der Waals surface area contributed by atoms with Gasteiger partial charge in [-0.1, -0.05) is 30.3 Å².